The molecule has 0 aromatic rings. The van der Waals surface area contributed by atoms with Crippen molar-refractivity contribution in [2.45, 2.75) is 26.7 Å². The summed E-state index contributed by atoms with van der Waals surface area (Å²) in [6.45, 7) is 6.01. The summed E-state index contributed by atoms with van der Waals surface area (Å²) in [4.78, 5) is 25.0. The normalized spacial score (nSPS) is 19.6. The van der Waals surface area contributed by atoms with Crippen LogP contribution in [-0.4, -0.2) is 61.8 Å². The lowest BCUT2D eigenvalue weighted by molar-refractivity contribution is -0.151. The first kappa shape index (κ1) is 16.9. The first-order valence-electron chi connectivity index (χ1n) is 7.10. The molecule has 1 aliphatic heterocycles. The van der Waals surface area contributed by atoms with Gasteiger partial charge in [0.15, 0.2) is 0 Å². The molecule has 6 heteroatoms. The van der Waals surface area contributed by atoms with Crippen LogP contribution < -0.4 is 5.32 Å². The summed E-state index contributed by atoms with van der Waals surface area (Å²) in [6.07, 6.45) is 2.05. The molecule has 1 unspecified atom stereocenters. The number of carbonyl (C=O) groups excluding carboxylic acids is 1. The van der Waals surface area contributed by atoms with E-state index in [1.54, 1.807) is 7.11 Å². The third-order valence-corrected chi connectivity index (χ3v) is 4.05. The number of carbonyl (C=O) groups is 2. The van der Waals surface area contributed by atoms with Gasteiger partial charge in [-0.1, -0.05) is 13.8 Å². The number of ether oxygens (including phenoxy) is 1. The number of methoxy groups -OCH3 is 1. The predicted octanol–water partition coefficient (Wildman–Crippen LogP) is 0.572. The number of hydrogen-bond acceptors (Lipinski definition) is 4. The van der Waals surface area contributed by atoms with Gasteiger partial charge in [0.25, 0.3) is 0 Å². The number of nitrogens with zero attached hydrogens (tertiary/aromatic N) is 1. The topological polar surface area (TPSA) is 78.9 Å². The van der Waals surface area contributed by atoms with Gasteiger partial charge in [0.05, 0.1) is 6.61 Å². The van der Waals surface area contributed by atoms with Crippen LogP contribution in [0, 0.1) is 11.3 Å². The van der Waals surface area contributed by atoms with E-state index in [-0.39, 0.29) is 18.4 Å². The number of carboxylic acids is 1. The van der Waals surface area contributed by atoms with Crippen LogP contribution in [0.15, 0.2) is 0 Å². The highest BCUT2D eigenvalue weighted by atomic mass is 16.5. The van der Waals surface area contributed by atoms with Crippen molar-refractivity contribution in [3.05, 3.63) is 0 Å². The lowest BCUT2D eigenvalue weighted by Crippen LogP contribution is -2.50. The molecule has 0 radical (unpaired) electrons. The molecule has 0 aromatic heterocycles. The van der Waals surface area contributed by atoms with E-state index in [0.29, 0.717) is 13.2 Å². The Morgan fingerprint density at radius 2 is 2.15 bits per heavy atom. The minimum absolute atomic E-state index is 0.106. The highest BCUT2D eigenvalue weighted by molar-refractivity contribution is 5.85. The second kappa shape index (κ2) is 7.59. The summed E-state index contributed by atoms with van der Waals surface area (Å²) in [5, 5.41) is 12.3. The molecule has 0 spiro atoms. The number of carboxylic acid groups (broad SMARTS) is 1. The van der Waals surface area contributed by atoms with Crippen molar-refractivity contribution in [3.8, 4) is 0 Å². The Morgan fingerprint density at radius 3 is 2.65 bits per heavy atom. The minimum Gasteiger partial charge on any atom is -0.480 e. The van der Waals surface area contributed by atoms with Gasteiger partial charge in [-0.2, -0.15) is 0 Å². The molecular weight excluding hydrogens is 260 g/mol. The molecule has 0 bridgehead atoms. The van der Waals surface area contributed by atoms with Crippen molar-refractivity contribution in [2.75, 3.05) is 39.9 Å². The molecule has 20 heavy (non-hydrogen) atoms. The first-order valence-corrected chi connectivity index (χ1v) is 7.10. The molecule has 1 atom stereocenters. The lowest BCUT2D eigenvalue weighted by atomic mass is 9.74. The zero-order chi connectivity index (χ0) is 15.2. The standard InChI is InChI=1S/C14H26N2O4/c1-14(2,11-5-4-6-15-9-11)13(19)16(7-8-20-3)10-12(17)18/h11,15H,4-10H2,1-3H3,(H,17,18). The fourth-order valence-corrected chi connectivity index (χ4v) is 2.67. The summed E-state index contributed by atoms with van der Waals surface area (Å²) in [5.74, 6) is -0.861. The fraction of sp³-hybridized carbons (Fsp3) is 0.857. The highest BCUT2D eigenvalue weighted by Gasteiger charge is 2.40. The van der Waals surface area contributed by atoms with Gasteiger partial charge in [0.2, 0.25) is 5.91 Å². The fourth-order valence-electron chi connectivity index (χ4n) is 2.67. The summed E-state index contributed by atoms with van der Waals surface area (Å²) >= 11 is 0. The Labute approximate surface area is 120 Å². The molecule has 1 aliphatic rings. The first-order chi connectivity index (χ1) is 9.39. The number of rotatable bonds is 7. The number of nitrogens with one attached hydrogen (secondary N) is 1. The van der Waals surface area contributed by atoms with Gasteiger partial charge in [-0.05, 0) is 31.8 Å². The maximum absolute atomic E-state index is 12.7. The maximum Gasteiger partial charge on any atom is 0.323 e. The van der Waals surface area contributed by atoms with E-state index in [1.165, 1.54) is 4.90 Å². The minimum atomic E-state index is -0.993. The zero-order valence-electron chi connectivity index (χ0n) is 12.6. The Morgan fingerprint density at radius 1 is 1.45 bits per heavy atom. The average molecular weight is 286 g/mol. The predicted molar refractivity (Wildman–Crippen MR) is 75.5 cm³/mol. The van der Waals surface area contributed by atoms with Gasteiger partial charge in [-0.3, -0.25) is 9.59 Å². The molecular formula is C14H26N2O4. The number of hydrogen-bond donors (Lipinski definition) is 2. The quantitative estimate of drug-likeness (QED) is 0.715. The van der Waals surface area contributed by atoms with Crippen molar-refractivity contribution >= 4 is 11.9 Å². The van der Waals surface area contributed by atoms with Crippen LogP contribution in [0.4, 0.5) is 0 Å². The number of aliphatic carboxylic acids is 1. The summed E-state index contributed by atoms with van der Waals surface area (Å²) in [5.41, 5.74) is -0.559. The molecule has 1 saturated heterocycles. The van der Waals surface area contributed by atoms with Crippen LogP contribution in [-0.2, 0) is 14.3 Å². The van der Waals surface area contributed by atoms with Crippen LogP contribution in [0.1, 0.15) is 26.7 Å². The SMILES string of the molecule is COCCN(CC(=O)O)C(=O)C(C)(C)C1CCCNC1. The molecule has 1 heterocycles. The molecule has 1 amide bonds. The van der Waals surface area contributed by atoms with E-state index in [0.717, 1.165) is 25.9 Å². The molecule has 0 aliphatic carbocycles. The van der Waals surface area contributed by atoms with Crippen LogP contribution in [0.5, 0.6) is 0 Å². The van der Waals surface area contributed by atoms with Crippen molar-refractivity contribution in [3.63, 3.8) is 0 Å². The third kappa shape index (κ3) is 4.45. The second-order valence-corrected chi connectivity index (χ2v) is 5.88. The highest BCUT2D eigenvalue weighted by Crippen LogP contribution is 2.33. The Balaban J connectivity index is 2.76. The molecule has 1 fully saturated rings. The van der Waals surface area contributed by atoms with E-state index in [1.807, 2.05) is 13.8 Å². The Hall–Kier alpha value is -1.14. The molecule has 2 N–H and O–H groups in total. The molecule has 116 valence electrons. The summed E-state index contributed by atoms with van der Waals surface area (Å²) in [7, 11) is 1.54. The monoisotopic (exact) mass is 286 g/mol. The van der Waals surface area contributed by atoms with Gasteiger partial charge >= 0.3 is 5.97 Å². The van der Waals surface area contributed by atoms with Gasteiger partial charge in [0.1, 0.15) is 6.54 Å². The average Bonchev–Trinajstić information content (AvgIpc) is 2.43. The van der Waals surface area contributed by atoms with Crippen molar-refractivity contribution in [2.24, 2.45) is 11.3 Å². The van der Waals surface area contributed by atoms with Crippen molar-refractivity contribution < 1.29 is 19.4 Å². The van der Waals surface area contributed by atoms with Crippen LogP contribution in [0.3, 0.4) is 0 Å². The molecule has 1 rings (SSSR count). The van der Waals surface area contributed by atoms with Crippen molar-refractivity contribution in [1.82, 2.24) is 10.2 Å². The third-order valence-electron chi connectivity index (χ3n) is 4.05. The van der Waals surface area contributed by atoms with Crippen LogP contribution >= 0.6 is 0 Å². The van der Waals surface area contributed by atoms with E-state index >= 15 is 0 Å². The van der Waals surface area contributed by atoms with E-state index in [9.17, 15) is 9.59 Å². The Kier molecular flexibility index (Phi) is 6.42. The van der Waals surface area contributed by atoms with Gasteiger partial charge in [0, 0.05) is 19.1 Å². The maximum atomic E-state index is 12.7. The van der Waals surface area contributed by atoms with E-state index in [4.69, 9.17) is 9.84 Å². The van der Waals surface area contributed by atoms with Crippen LogP contribution in [0.2, 0.25) is 0 Å². The molecule has 6 nitrogen and oxygen atoms in total. The van der Waals surface area contributed by atoms with Gasteiger partial charge in [-0.15, -0.1) is 0 Å². The summed E-state index contributed by atoms with van der Waals surface area (Å²) < 4.78 is 4.96. The second-order valence-electron chi connectivity index (χ2n) is 5.88. The van der Waals surface area contributed by atoms with Crippen LogP contribution in [0.25, 0.3) is 0 Å². The number of amides is 1. The van der Waals surface area contributed by atoms with Gasteiger partial charge < -0.3 is 20.1 Å². The lowest BCUT2D eigenvalue weighted by Gasteiger charge is -2.39. The Bertz CT molecular complexity index is 338. The zero-order valence-corrected chi connectivity index (χ0v) is 12.6. The largest absolute Gasteiger partial charge is 0.480 e. The van der Waals surface area contributed by atoms with E-state index in [2.05, 4.69) is 5.32 Å². The molecule has 0 aromatic carbocycles. The smallest absolute Gasteiger partial charge is 0.323 e. The number of piperidine rings is 1. The molecule has 0 saturated carbocycles. The van der Waals surface area contributed by atoms with E-state index < -0.39 is 11.4 Å². The summed E-state index contributed by atoms with van der Waals surface area (Å²) in [6, 6.07) is 0. The van der Waals surface area contributed by atoms with Gasteiger partial charge in [-0.25, -0.2) is 0 Å². The van der Waals surface area contributed by atoms with Crippen molar-refractivity contribution in [1.29, 1.82) is 0 Å².